The Bertz CT molecular complexity index is 1630. The molecular formula is C26H20N2O6S2. The number of nitrogens with zero attached hydrogens (tertiary/aromatic N) is 2. The highest BCUT2D eigenvalue weighted by Crippen LogP contribution is 2.36. The zero-order valence-corrected chi connectivity index (χ0v) is 20.8. The van der Waals surface area contributed by atoms with Crippen LogP contribution in [0.25, 0.3) is 33.7 Å². The van der Waals surface area contributed by atoms with E-state index in [2.05, 4.69) is 9.97 Å². The zero-order chi connectivity index (χ0) is 25.3. The van der Waals surface area contributed by atoms with E-state index in [1.165, 1.54) is 32.4 Å². The highest BCUT2D eigenvalue weighted by atomic mass is 33.1. The van der Waals surface area contributed by atoms with Crippen LogP contribution in [0.4, 0.5) is 0 Å². The lowest BCUT2D eigenvalue weighted by molar-refractivity contribution is 0.373. The molecule has 0 bridgehead atoms. The monoisotopic (exact) mass is 520 g/mol. The van der Waals surface area contributed by atoms with Gasteiger partial charge in [-0.1, -0.05) is 18.2 Å². The van der Waals surface area contributed by atoms with E-state index in [0.29, 0.717) is 44.8 Å². The fourth-order valence-corrected chi connectivity index (χ4v) is 6.04. The summed E-state index contributed by atoms with van der Waals surface area (Å²) in [5.41, 5.74) is 2.13. The largest absolute Gasteiger partial charge is 0.504 e. The van der Waals surface area contributed by atoms with Gasteiger partial charge in [0.2, 0.25) is 14.0 Å². The number of hydrogen-bond acceptors (Lipinski definition) is 9. The van der Waals surface area contributed by atoms with Crippen molar-refractivity contribution in [3.05, 3.63) is 78.9 Å². The Morgan fingerprint density at radius 1 is 0.861 bits per heavy atom. The van der Waals surface area contributed by atoms with Crippen LogP contribution >= 0.6 is 10.8 Å². The Morgan fingerprint density at radius 2 is 1.61 bits per heavy atom. The second-order valence-corrected chi connectivity index (χ2v) is 11.4. The standard InChI is InChI=1S/C26H20N2O6S2/c1-32-18-8-10-19(11-9-18)36(30,31)35-26-27-20(16-7-12-22(29)25(13-16)33-2)15-21(28-26)24-14-17-5-3-4-6-23(17)34-24/h3-15,29H,1-2H3. The third kappa shape index (κ3) is 4.73. The van der Waals surface area contributed by atoms with Gasteiger partial charge in [-0.05, 0) is 60.7 Å². The third-order valence-electron chi connectivity index (χ3n) is 5.39. The maximum atomic E-state index is 13.1. The lowest BCUT2D eigenvalue weighted by Gasteiger charge is -2.10. The van der Waals surface area contributed by atoms with Gasteiger partial charge in [0.15, 0.2) is 17.3 Å². The summed E-state index contributed by atoms with van der Waals surface area (Å²) in [4.78, 5) is 9.10. The van der Waals surface area contributed by atoms with E-state index < -0.39 is 8.87 Å². The van der Waals surface area contributed by atoms with Gasteiger partial charge < -0.3 is 19.0 Å². The molecule has 0 atom stereocenters. The van der Waals surface area contributed by atoms with Crippen LogP contribution in [0.15, 0.2) is 93.3 Å². The van der Waals surface area contributed by atoms with Crippen LogP contribution in [0, 0.1) is 0 Å². The van der Waals surface area contributed by atoms with Crippen LogP contribution in [0.1, 0.15) is 0 Å². The number of furan rings is 1. The molecule has 182 valence electrons. The molecule has 0 radical (unpaired) electrons. The number of para-hydroxylation sites is 1. The molecule has 10 heteroatoms. The highest BCUT2D eigenvalue weighted by Gasteiger charge is 2.21. The fourth-order valence-electron chi connectivity index (χ4n) is 3.57. The number of hydrogen-bond donors (Lipinski definition) is 1. The number of methoxy groups -OCH3 is 2. The predicted octanol–water partition coefficient (Wildman–Crippen LogP) is 5.76. The first-order valence-corrected chi connectivity index (χ1v) is 13.5. The van der Waals surface area contributed by atoms with Crippen LogP contribution in [0.2, 0.25) is 0 Å². The average molecular weight is 521 g/mol. The first-order valence-electron chi connectivity index (χ1n) is 10.7. The number of aromatic hydroxyl groups is 1. The van der Waals surface area contributed by atoms with E-state index in [1.807, 2.05) is 30.3 Å². The van der Waals surface area contributed by atoms with Crippen LogP contribution in [-0.4, -0.2) is 37.7 Å². The molecule has 3 aromatic carbocycles. The number of benzene rings is 3. The van der Waals surface area contributed by atoms with Crippen molar-refractivity contribution in [2.75, 3.05) is 14.2 Å². The lowest BCUT2D eigenvalue weighted by atomic mass is 10.1. The summed E-state index contributed by atoms with van der Waals surface area (Å²) < 4.78 is 42.6. The minimum absolute atomic E-state index is 0.0193. The van der Waals surface area contributed by atoms with Crippen molar-refractivity contribution in [1.82, 2.24) is 9.97 Å². The molecule has 5 rings (SSSR count). The molecule has 0 aliphatic carbocycles. The summed E-state index contributed by atoms with van der Waals surface area (Å²) in [5.74, 6) is 1.25. The first kappa shape index (κ1) is 23.7. The van der Waals surface area contributed by atoms with E-state index in [9.17, 15) is 13.5 Å². The summed E-state index contributed by atoms with van der Waals surface area (Å²) >= 11 is 0. The molecule has 0 fully saturated rings. The van der Waals surface area contributed by atoms with Crippen molar-refractivity contribution in [3.8, 4) is 40.0 Å². The molecule has 0 spiro atoms. The van der Waals surface area contributed by atoms with Gasteiger partial charge in [-0.3, -0.25) is 0 Å². The normalized spacial score (nSPS) is 11.5. The van der Waals surface area contributed by atoms with Gasteiger partial charge in [0.25, 0.3) is 0 Å². The van der Waals surface area contributed by atoms with Gasteiger partial charge in [0.05, 0.1) is 35.6 Å². The number of rotatable bonds is 7. The SMILES string of the molecule is COc1ccc(S(=O)(=O)Sc2nc(-c3ccc(O)c(OC)c3)cc(-c3cc4ccccc4o3)n2)cc1. The second kappa shape index (κ2) is 9.56. The van der Waals surface area contributed by atoms with Crippen LogP contribution in [0.5, 0.6) is 17.2 Å². The Kier molecular flexibility index (Phi) is 6.29. The molecule has 0 unspecified atom stereocenters. The number of phenolic OH excluding ortho intramolecular Hbond substituents is 1. The van der Waals surface area contributed by atoms with E-state index in [0.717, 1.165) is 5.39 Å². The zero-order valence-electron chi connectivity index (χ0n) is 19.2. The average Bonchev–Trinajstić information content (AvgIpc) is 3.33. The van der Waals surface area contributed by atoms with Crippen LogP contribution < -0.4 is 9.47 Å². The number of aromatic nitrogens is 2. The lowest BCUT2D eigenvalue weighted by Crippen LogP contribution is -2.00. The van der Waals surface area contributed by atoms with E-state index >= 15 is 0 Å². The van der Waals surface area contributed by atoms with Crippen molar-refractivity contribution in [2.45, 2.75) is 10.1 Å². The van der Waals surface area contributed by atoms with Gasteiger partial charge in [-0.2, -0.15) is 0 Å². The molecule has 8 nitrogen and oxygen atoms in total. The molecule has 2 heterocycles. The molecule has 5 aromatic rings. The summed E-state index contributed by atoms with van der Waals surface area (Å²) in [7, 11) is -0.347. The van der Waals surface area contributed by atoms with Crippen molar-refractivity contribution >= 4 is 30.6 Å². The van der Waals surface area contributed by atoms with Gasteiger partial charge >= 0.3 is 0 Å². The number of phenols is 1. The maximum Gasteiger partial charge on any atom is 0.237 e. The summed E-state index contributed by atoms with van der Waals surface area (Å²) in [5, 5.41) is 10.9. The Morgan fingerprint density at radius 3 is 2.33 bits per heavy atom. The molecule has 2 aromatic heterocycles. The van der Waals surface area contributed by atoms with Gasteiger partial charge in [0, 0.05) is 10.9 Å². The number of ether oxygens (including phenoxy) is 2. The van der Waals surface area contributed by atoms with Crippen molar-refractivity contribution in [2.24, 2.45) is 0 Å². The highest BCUT2D eigenvalue weighted by molar-refractivity contribution is 8.72. The van der Waals surface area contributed by atoms with Crippen molar-refractivity contribution in [3.63, 3.8) is 0 Å². The number of fused-ring (bicyclic) bond motifs is 1. The Labute approximate surface area is 210 Å². The molecular weight excluding hydrogens is 500 g/mol. The van der Waals surface area contributed by atoms with E-state index in [1.54, 1.807) is 30.3 Å². The van der Waals surface area contributed by atoms with E-state index in [-0.39, 0.29) is 21.6 Å². The van der Waals surface area contributed by atoms with Crippen molar-refractivity contribution < 1.29 is 27.4 Å². The molecule has 36 heavy (non-hydrogen) atoms. The van der Waals surface area contributed by atoms with Gasteiger partial charge in [-0.25, -0.2) is 18.4 Å². The quantitative estimate of drug-likeness (QED) is 0.211. The van der Waals surface area contributed by atoms with Crippen LogP contribution in [-0.2, 0) is 8.87 Å². The van der Waals surface area contributed by atoms with Crippen LogP contribution in [0.3, 0.4) is 0 Å². The summed E-state index contributed by atoms with van der Waals surface area (Å²) in [6.07, 6.45) is 0. The van der Waals surface area contributed by atoms with Crippen molar-refractivity contribution in [1.29, 1.82) is 0 Å². The van der Waals surface area contributed by atoms with E-state index in [4.69, 9.17) is 13.9 Å². The first-order chi connectivity index (χ1) is 17.4. The molecule has 0 amide bonds. The Hall–Kier alpha value is -4.02. The Balaban J connectivity index is 1.62. The molecule has 0 saturated carbocycles. The maximum absolute atomic E-state index is 13.1. The topological polar surface area (TPSA) is 112 Å². The molecule has 0 aliphatic rings. The minimum atomic E-state index is -3.84. The third-order valence-corrected chi connectivity index (χ3v) is 8.47. The molecule has 0 aliphatic heterocycles. The molecule has 0 saturated heterocycles. The van der Waals surface area contributed by atoms with Gasteiger partial charge in [-0.15, -0.1) is 0 Å². The second-order valence-electron chi connectivity index (χ2n) is 7.67. The molecule has 1 N–H and O–H groups in total. The minimum Gasteiger partial charge on any atom is -0.504 e. The smallest absolute Gasteiger partial charge is 0.237 e. The summed E-state index contributed by atoms with van der Waals surface area (Å²) in [6, 6.07) is 21.9. The van der Waals surface area contributed by atoms with Gasteiger partial charge in [0.1, 0.15) is 17.0 Å². The predicted molar refractivity (Wildman–Crippen MR) is 137 cm³/mol. The fraction of sp³-hybridized carbons (Fsp3) is 0.0769. The summed E-state index contributed by atoms with van der Waals surface area (Å²) in [6.45, 7) is 0.